The lowest BCUT2D eigenvalue weighted by atomic mass is 10.3. The predicted octanol–water partition coefficient (Wildman–Crippen LogP) is 3.84. The van der Waals surface area contributed by atoms with Gasteiger partial charge in [0.25, 0.3) is 0 Å². The lowest BCUT2D eigenvalue weighted by Crippen LogP contribution is -1.92. The number of hydrogen-bond acceptors (Lipinski definition) is 1. The van der Waals surface area contributed by atoms with Crippen LogP contribution in [0.1, 0.15) is 0 Å². The molecule has 0 amide bonds. The first kappa shape index (κ1) is 9.77. The van der Waals surface area contributed by atoms with Crippen molar-refractivity contribution in [1.82, 2.24) is 9.55 Å². The van der Waals surface area contributed by atoms with Crippen LogP contribution in [0.15, 0.2) is 30.6 Å². The molecule has 0 unspecified atom stereocenters. The summed E-state index contributed by atoms with van der Waals surface area (Å²) in [7, 11) is 0. The molecule has 0 aliphatic heterocycles. The van der Waals surface area contributed by atoms with E-state index in [1.807, 2.05) is 12.3 Å². The van der Waals surface area contributed by atoms with Gasteiger partial charge in [-0.15, -0.1) is 0 Å². The Hall–Kier alpha value is -0.770. The first-order valence-electron chi connectivity index (χ1n) is 3.90. The molecule has 0 atom stereocenters. The first-order valence-corrected chi connectivity index (χ1v) is 5.06. The molecule has 0 saturated carbocycles. The lowest BCUT2D eigenvalue weighted by molar-refractivity contribution is 1.03. The van der Waals surface area contributed by atoms with Gasteiger partial charge >= 0.3 is 0 Å². The number of aromatic amines is 1. The normalized spacial score (nSPS) is 10.4. The van der Waals surface area contributed by atoms with Crippen LogP contribution < -0.4 is 0 Å². The van der Waals surface area contributed by atoms with Gasteiger partial charge in [-0.3, -0.25) is 4.57 Å². The van der Waals surface area contributed by atoms with Crippen LogP contribution in [0.25, 0.3) is 5.69 Å². The molecule has 0 fully saturated rings. The number of nitrogens with one attached hydrogen (secondary N) is 1. The molecule has 14 heavy (non-hydrogen) atoms. The molecule has 2 nitrogen and oxygen atoms in total. The predicted molar refractivity (Wildman–Crippen MR) is 61.0 cm³/mol. The molecule has 1 heterocycles. The van der Waals surface area contributed by atoms with Gasteiger partial charge < -0.3 is 4.98 Å². The minimum absolute atomic E-state index is 0.577. The zero-order valence-corrected chi connectivity index (χ0v) is 9.33. The highest BCUT2D eigenvalue weighted by atomic mass is 35.5. The highest BCUT2D eigenvalue weighted by molar-refractivity contribution is 7.71. The summed E-state index contributed by atoms with van der Waals surface area (Å²) in [5.41, 5.74) is 0.822. The van der Waals surface area contributed by atoms with Crippen LogP contribution in [0.2, 0.25) is 10.0 Å². The standard InChI is InChI=1S/C9H6Cl2N2S/c10-6-1-2-8(7(11)5-6)13-4-3-12-9(13)14/h1-5H,(H,12,14). The van der Waals surface area contributed by atoms with Crippen LogP contribution in [0.3, 0.4) is 0 Å². The number of H-pyrrole nitrogens is 1. The maximum Gasteiger partial charge on any atom is 0.181 e. The molecule has 0 bridgehead atoms. The quantitative estimate of drug-likeness (QED) is 0.757. The summed E-state index contributed by atoms with van der Waals surface area (Å²) < 4.78 is 2.39. The summed E-state index contributed by atoms with van der Waals surface area (Å²) in [6.07, 6.45) is 3.57. The van der Waals surface area contributed by atoms with Crippen molar-refractivity contribution in [2.45, 2.75) is 0 Å². The van der Waals surface area contributed by atoms with Crippen LogP contribution in [0.5, 0.6) is 0 Å². The molecule has 2 rings (SSSR count). The smallest absolute Gasteiger partial charge is 0.181 e. The fourth-order valence-electron chi connectivity index (χ4n) is 1.19. The fraction of sp³-hybridized carbons (Fsp3) is 0. The Morgan fingerprint density at radius 2 is 2.07 bits per heavy atom. The molecular formula is C9H6Cl2N2S. The molecule has 0 saturated heterocycles. The SMILES string of the molecule is S=c1[nH]ccn1-c1ccc(Cl)cc1Cl. The van der Waals surface area contributed by atoms with Crippen LogP contribution in [-0.4, -0.2) is 9.55 Å². The molecule has 0 aliphatic carbocycles. The molecule has 1 N–H and O–H groups in total. The summed E-state index contributed by atoms with van der Waals surface area (Å²) >= 11 is 16.9. The number of hydrogen-bond donors (Lipinski definition) is 1. The number of rotatable bonds is 1. The zero-order valence-electron chi connectivity index (χ0n) is 7.00. The van der Waals surface area contributed by atoms with Crippen molar-refractivity contribution in [3.8, 4) is 5.69 Å². The largest absolute Gasteiger partial charge is 0.337 e. The Morgan fingerprint density at radius 3 is 2.64 bits per heavy atom. The number of benzene rings is 1. The van der Waals surface area contributed by atoms with Crippen molar-refractivity contribution in [1.29, 1.82) is 0 Å². The van der Waals surface area contributed by atoms with Crippen molar-refractivity contribution in [2.24, 2.45) is 0 Å². The maximum absolute atomic E-state index is 6.03. The zero-order chi connectivity index (χ0) is 10.1. The number of halogens is 2. The van der Waals surface area contributed by atoms with Crippen molar-refractivity contribution in [3.63, 3.8) is 0 Å². The van der Waals surface area contributed by atoms with Crippen molar-refractivity contribution >= 4 is 35.4 Å². The molecule has 5 heteroatoms. The number of nitrogens with zero attached hydrogens (tertiary/aromatic N) is 1. The Balaban J connectivity index is 2.63. The number of aromatic nitrogens is 2. The minimum Gasteiger partial charge on any atom is -0.337 e. The molecule has 0 radical (unpaired) electrons. The second kappa shape index (κ2) is 3.77. The summed E-state index contributed by atoms with van der Waals surface area (Å²) in [6, 6.07) is 5.29. The Morgan fingerprint density at radius 1 is 1.29 bits per heavy atom. The van der Waals surface area contributed by atoms with Gasteiger partial charge in [-0.1, -0.05) is 23.2 Å². The van der Waals surface area contributed by atoms with Crippen LogP contribution in [0, 0.1) is 4.77 Å². The number of imidazole rings is 1. The van der Waals surface area contributed by atoms with Gasteiger partial charge in [-0.05, 0) is 30.4 Å². The molecule has 2 aromatic rings. The average Bonchev–Trinajstić information content (AvgIpc) is 2.52. The molecule has 72 valence electrons. The highest BCUT2D eigenvalue weighted by Gasteiger charge is 2.03. The van der Waals surface area contributed by atoms with Gasteiger partial charge in [0.2, 0.25) is 0 Å². The third-order valence-corrected chi connectivity index (χ3v) is 2.67. The van der Waals surface area contributed by atoms with E-state index in [1.165, 1.54) is 0 Å². The second-order valence-corrected chi connectivity index (χ2v) is 3.96. The Bertz CT molecular complexity index is 516. The molecule has 1 aromatic heterocycles. The van der Waals surface area contributed by atoms with E-state index in [9.17, 15) is 0 Å². The Kier molecular flexibility index (Phi) is 2.63. The van der Waals surface area contributed by atoms with E-state index in [0.29, 0.717) is 14.8 Å². The van der Waals surface area contributed by atoms with Gasteiger partial charge in [0.15, 0.2) is 4.77 Å². The van der Waals surface area contributed by atoms with Gasteiger partial charge in [-0.2, -0.15) is 0 Å². The monoisotopic (exact) mass is 244 g/mol. The maximum atomic E-state index is 6.03. The van der Waals surface area contributed by atoms with E-state index >= 15 is 0 Å². The third kappa shape index (κ3) is 1.71. The van der Waals surface area contributed by atoms with Gasteiger partial charge in [-0.25, -0.2) is 0 Å². The van der Waals surface area contributed by atoms with E-state index in [-0.39, 0.29) is 0 Å². The van der Waals surface area contributed by atoms with E-state index in [4.69, 9.17) is 35.4 Å². The third-order valence-electron chi connectivity index (χ3n) is 1.82. The van der Waals surface area contributed by atoms with Gasteiger partial charge in [0.1, 0.15) is 0 Å². The van der Waals surface area contributed by atoms with Crippen molar-refractivity contribution in [2.75, 3.05) is 0 Å². The van der Waals surface area contributed by atoms with Crippen LogP contribution in [-0.2, 0) is 0 Å². The summed E-state index contributed by atoms with van der Waals surface area (Å²) in [6.45, 7) is 0. The Labute approximate surface area is 96.1 Å². The van der Waals surface area contributed by atoms with E-state index in [2.05, 4.69) is 4.98 Å². The highest BCUT2D eigenvalue weighted by Crippen LogP contribution is 2.24. The van der Waals surface area contributed by atoms with Crippen LogP contribution >= 0.6 is 35.4 Å². The fourth-order valence-corrected chi connectivity index (χ4v) is 1.91. The lowest BCUT2D eigenvalue weighted by Gasteiger charge is -2.04. The summed E-state index contributed by atoms with van der Waals surface area (Å²) in [5, 5.41) is 1.19. The van der Waals surface area contributed by atoms with Crippen molar-refractivity contribution < 1.29 is 0 Å². The summed E-state index contributed by atoms with van der Waals surface area (Å²) in [4.78, 5) is 2.90. The molecular weight excluding hydrogens is 239 g/mol. The molecule has 0 spiro atoms. The summed E-state index contributed by atoms with van der Waals surface area (Å²) in [5.74, 6) is 0. The first-order chi connectivity index (χ1) is 6.68. The second-order valence-electron chi connectivity index (χ2n) is 2.73. The average molecular weight is 245 g/mol. The van der Waals surface area contributed by atoms with Crippen molar-refractivity contribution in [3.05, 3.63) is 45.4 Å². The molecule has 1 aromatic carbocycles. The van der Waals surface area contributed by atoms with Crippen LogP contribution in [0.4, 0.5) is 0 Å². The molecule has 0 aliphatic rings. The van der Waals surface area contributed by atoms with Gasteiger partial charge in [0, 0.05) is 17.4 Å². The van der Waals surface area contributed by atoms with E-state index in [1.54, 1.807) is 22.9 Å². The van der Waals surface area contributed by atoms with Gasteiger partial charge in [0.05, 0.1) is 10.7 Å². The minimum atomic E-state index is 0.577. The topological polar surface area (TPSA) is 20.7 Å². The van der Waals surface area contributed by atoms with E-state index < -0.39 is 0 Å². The van der Waals surface area contributed by atoms with E-state index in [0.717, 1.165) is 5.69 Å².